The molecule has 3 heterocycles. The van der Waals surface area contributed by atoms with Gasteiger partial charge in [-0.05, 0) is 54.7 Å². The zero-order chi connectivity index (χ0) is 20.7. The lowest BCUT2D eigenvalue weighted by Crippen LogP contribution is -2.50. The Labute approximate surface area is 176 Å². The first-order chi connectivity index (χ1) is 14.6. The molecule has 0 aliphatic carbocycles. The number of rotatable bonds is 2. The maximum atomic E-state index is 13.3. The molecule has 1 aromatic heterocycles. The van der Waals surface area contributed by atoms with Gasteiger partial charge in [0, 0.05) is 42.5 Å². The van der Waals surface area contributed by atoms with Crippen LogP contribution in [0.2, 0.25) is 0 Å². The molecule has 1 saturated heterocycles. The second-order valence-corrected chi connectivity index (χ2v) is 8.40. The fourth-order valence-electron chi connectivity index (χ4n) is 4.92. The van der Waals surface area contributed by atoms with Crippen molar-refractivity contribution >= 4 is 11.7 Å². The number of pyridine rings is 1. The Balaban J connectivity index is 1.42. The van der Waals surface area contributed by atoms with Crippen LogP contribution in [-0.4, -0.2) is 28.6 Å². The number of amides is 2. The summed E-state index contributed by atoms with van der Waals surface area (Å²) < 4.78 is 1.95. The van der Waals surface area contributed by atoms with Crippen LogP contribution < -0.4 is 10.9 Å². The molecule has 0 spiro atoms. The lowest BCUT2D eigenvalue weighted by atomic mass is 9.83. The van der Waals surface area contributed by atoms with E-state index in [9.17, 15) is 9.59 Å². The number of fused-ring (bicyclic) bond motifs is 4. The van der Waals surface area contributed by atoms with Crippen LogP contribution in [0.15, 0.2) is 71.5 Å². The molecular formula is C25H25N3O2. The van der Waals surface area contributed by atoms with E-state index in [-0.39, 0.29) is 17.5 Å². The minimum atomic E-state index is -0.0665. The number of nitrogens with zero attached hydrogens (tertiary/aromatic N) is 2. The van der Waals surface area contributed by atoms with Gasteiger partial charge in [-0.3, -0.25) is 4.79 Å². The summed E-state index contributed by atoms with van der Waals surface area (Å²) >= 11 is 0. The molecule has 3 aromatic rings. The van der Waals surface area contributed by atoms with Crippen molar-refractivity contribution in [3.8, 4) is 11.1 Å². The maximum Gasteiger partial charge on any atom is 0.321 e. The Hall–Kier alpha value is -3.34. The summed E-state index contributed by atoms with van der Waals surface area (Å²) in [5.74, 6) is 0.486. The van der Waals surface area contributed by atoms with Crippen LogP contribution in [0, 0.1) is 12.8 Å². The van der Waals surface area contributed by atoms with Crippen molar-refractivity contribution in [3.05, 3.63) is 88.3 Å². The predicted molar refractivity (Wildman–Crippen MR) is 119 cm³/mol. The minimum Gasteiger partial charge on any atom is -0.324 e. The van der Waals surface area contributed by atoms with Gasteiger partial charge in [0.2, 0.25) is 0 Å². The van der Waals surface area contributed by atoms with Crippen LogP contribution in [0.25, 0.3) is 11.1 Å². The summed E-state index contributed by atoms with van der Waals surface area (Å²) in [4.78, 5) is 28.0. The highest BCUT2D eigenvalue weighted by Gasteiger charge is 2.36. The van der Waals surface area contributed by atoms with Gasteiger partial charge in [0.25, 0.3) is 5.56 Å². The quantitative estimate of drug-likeness (QED) is 0.691. The van der Waals surface area contributed by atoms with Crippen LogP contribution in [0.4, 0.5) is 10.5 Å². The molecule has 30 heavy (non-hydrogen) atoms. The second kappa shape index (κ2) is 7.48. The smallest absolute Gasteiger partial charge is 0.321 e. The summed E-state index contributed by atoms with van der Waals surface area (Å²) in [7, 11) is 0. The number of hydrogen-bond donors (Lipinski definition) is 1. The highest BCUT2D eigenvalue weighted by molar-refractivity contribution is 5.89. The molecule has 2 aliphatic rings. The van der Waals surface area contributed by atoms with E-state index in [0.29, 0.717) is 25.6 Å². The highest BCUT2D eigenvalue weighted by atomic mass is 16.2. The average molecular weight is 399 g/mol. The Morgan fingerprint density at radius 3 is 2.47 bits per heavy atom. The molecule has 2 amide bonds. The van der Waals surface area contributed by atoms with Crippen molar-refractivity contribution in [3.63, 3.8) is 0 Å². The molecular weight excluding hydrogens is 374 g/mol. The van der Waals surface area contributed by atoms with E-state index in [2.05, 4.69) is 11.4 Å². The minimum absolute atomic E-state index is 0.0665. The second-order valence-electron chi connectivity index (χ2n) is 8.40. The summed E-state index contributed by atoms with van der Waals surface area (Å²) in [6.45, 7) is 4.02. The number of nitrogens with one attached hydrogen (secondary N) is 1. The highest BCUT2D eigenvalue weighted by Crippen LogP contribution is 2.36. The Morgan fingerprint density at radius 1 is 0.900 bits per heavy atom. The molecule has 2 aliphatic heterocycles. The third-order valence-corrected chi connectivity index (χ3v) is 6.35. The SMILES string of the molecule is Cc1ccccc1-c1ccc2n(c1=O)CC1CC2CN(C(=O)Nc2ccccc2)C1. The average Bonchev–Trinajstić information content (AvgIpc) is 2.76. The third kappa shape index (κ3) is 3.30. The lowest BCUT2D eigenvalue weighted by Gasteiger charge is -2.42. The molecule has 2 unspecified atom stereocenters. The number of benzene rings is 2. The van der Waals surface area contributed by atoms with Gasteiger partial charge in [0.15, 0.2) is 0 Å². The molecule has 0 saturated carbocycles. The monoisotopic (exact) mass is 399 g/mol. The number of para-hydroxylation sites is 1. The number of hydrogen-bond acceptors (Lipinski definition) is 2. The number of aryl methyl sites for hydroxylation is 1. The third-order valence-electron chi connectivity index (χ3n) is 6.35. The molecule has 1 N–H and O–H groups in total. The van der Waals surface area contributed by atoms with E-state index in [1.165, 1.54) is 0 Å². The predicted octanol–water partition coefficient (Wildman–Crippen LogP) is 4.47. The Bertz CT molecular complexity index is 1150. The standard InChI is InChI=1S/C25H25N3O2/c1-17-7-5-6-10-21(17)22-11-12-23-19-13-18(15-28(23)24(22)29)14-27(16-19)25(30)26-20-8-3-2-4-9-20/h2-12,18-19H,13-16H2,1H3,(H,26,30). The molecule has 5 nitrogen and oxygen atoms in total. The van der Waals surface area contributed by atoms with E-state index in [1.807, 2.05) is 77.1 Å². The molecule has 5 heteroatoms. The first-order valence-electron chi connectivity index (χ1n) is 10.5. The lowest BCUT2D eigenvalue weighted by molar-refractivity contribution is 0.139. The van der Waals surface area contributed by atoms with Crippen molar-refractivity contribution in [1.29, 1.82) is 0 Å². The van der Waals surface area contributed by atoms with Crippen LogP contribution in [0.1, 0.15) is 23.6 Å². The van der Waals surface area contributed by atoms with Crippen molar-refractivity contribution in [2.75, 3.05) is 18.4 Å². The zero-order valence-electron chi connectivity index (χ0n) is 17.0. The van der Waals surface area contributed by atoms with E-state index in [0.717, 1.165) is 34.5 Å². The van der Waals surface area contributed by atoms with E-state index in [1.54, 1.807) is 0 Å². The first-order valence-corrected chi connectivity index (χ1v) is 10.5. The van der Waals surface area contributed by atoms with Gasteiger partial charge in [0.05, 0.1) is 0 Å². The number of piperidine rings is 1. The topological polar surface area (TPSA) is 54.3 Å². The summed E-state index contributed by atoms with van der Waals surface area (Å²) in [5, 5.41) is 2.99. The molecule has 2 aromatic carbocycles. The zero-order valence-corrected chi connectivity index (χ0v) is 17.0. The Kier molecular flexibility index (Phi) is 4.66. The normalized spacial score (nSPS) is 19.8. The van der Waals surface area contributed by atoms with Crippen LogP contribution in [0.5, 0.6) is 0 Å². The number of carbonyl (C=O) groups is 1. The number of carbonyl (C=O) groups excluding carboxylic acids is 1. The summed E-state index contributed by atoms with van der Waals surface area (Å²) in [6.07, 6.45) is 1.03. The van der Waals surface area contributed by atoms with Crippen LogP contribution >= 0.6 is 0 Å². The van der Waals surface area contributed by atoms with Crippen LogP contribution in [-0.2, 0) is 6.54 Å². The molecule has 5 rings (SSSR count). The van der Waals surface area contributed by atoms with Crippen molar-refractivity contribution < 1.29 is 4.79 Å². The van der Waals surface area contributed by atoms with Crippen LogP contribution in [0.3, 0.4) is 0 Å². The summed E-state index contributed by atoms with van der Waals surface area (Å²) in [5.41, 5.74) is 4.80. The van der Waals surface area contributed by atoms with Crippen molar-refractivity contribution in [2.24, 2.45) is 5.92 Å². The van der Waals surface area contributed by atoms with Gasteiger partial charge in [-0.15, -0.1) is 0 Å². The number of anilines is 1. The molecule has 2 bridgehead atoms. The van der Waals surface area contributed by atoms with E-state index in [4.69, 9.17) is 0 Å². The van der Waals surface area contributed by atoms with E-state index < -0.39 is 0 Å². The largest absolute Gasteiger partial charge is 0.324 e. The van der Waals surface area contributed by atoms with Gasteiger partial charge in [-0.2, -0.15) is 0 Å². The van der Waals surface area contributed by atoms with Gasteiger partial charge in [-0.1, -0.05) is 42.5 Å². The van der Waals surface area contributed by atoms with Gasteiger partial charge in [0.1, 0.15) is 0 Å². The number of aromatic nitrogens is 1. The maximum absolute atomic E-state index is 13.3. The summed E-state index contributed by atoms with van der Waals surface area (Å²) in [6, 6.07) is 21.5. The fourth-order valence-corrected chi connectivity index (χ4v) is 4.92. The Morgan fingerprint density at radius 2 is 1.67 bits per heavy atom. The van der Waals surface area contributed by atoms with Crippen molar-refractivity contribution in [1.82, 2.24) is 9.47 Å². The molecule has 2 atom stereocenters. The van der Waals surface area contributed by atoms with E-state index >= 15 is 0 Å². The fraction of sp³-hybridized carbons (Fsp3) is 0.280. The number of likely N-dealkylation sites (tertiary alicyclic amines) is 1. The molecule has 152 valence electrons. The van der Waals surface area contributed by atoms with Gasteiger partial charge < -0.3 is 14.8 Å². The molecule has 0 radical (unpaired) electrons. The van der Waals surface area contributed by atoms with Gasteiger partial charge >= 0.3 is 6.03 Å². The van der Waals surface area contributed by atoms with Gasteiger partial charge in [-0.25, -0.2) is 4.79 Å². The molecule has 1 fully saturated rings. The first kappa shape index (κ1) is 18.7. The van der Waals surface area contributed by atoms with Crippen molar-refractivity contribution in [2.45, 2.75) is 25.8 Å². The number of urea groups is 1.